The summed E-state index contributed by atoms with van der Waals surface area (Å²) in [6.07, 6.45) is 0. The third kappa shape index (κ3) is 2.13. The van der Waals surface area contributed by atoms with E-state index in [1.165, 1.54) is 0 Å². The molecular formula is C12H17BBrNO3. The normalized spacial score (nSPS) is 21.3. The number of rotatable bonds is 1. The van der Waals surface area contributed by atoms with Crippen molar-refractivity contribution in [2.45, 2.75) is 38.9 Å². The Morgan fingerprint density at radius 3 is 2.11 bits per heavy atom. The van der Waals surface area contributed by atoms with Crippen molar-refractivity contribution in [3.8, 4) is 5.75 Å². The van der Waals surface area contributed by atoms with Crippen LogP contribution < -0.4 is 11.2 Å². The minimum atomic E-state index is -0.478. The first kappa shape index (κ1) is 13.7. The fraction of sp³-hybridized carbons (Fsp3) is 0.500. The first-order chi connectivity index (χ1) is 8.14. The van der Waals surface area contributed by atoms with Gasteiger partial charge in [-0.25, -0.2) is 0 Å². The van der Waals surface area contributed by atoms with Crippen molar-refractivity contribution in [1.82, 2.24) is 0 Å². The van der Waals surface area contributed by atoms with E-state index < -0.39 is 18.3 Å². The number of phenolic OH excluding ortho intramolecular Hbond substituents is 1. The van der Waals surface area contributed by atoms with Gasteiger partial charge in [0.05, 0.1) is 21.4 Å². The number of nitrogen functional groups attached to an aromatic ring is 1. The van der Waals surface area contributed by atoms with E-state index in [0.717, 1.165) is 5.46 Å². The van der Waals surface area contributed by atoms with Gasteiger partial charge in [0.1, 0.15) is 0 Å². The highest BCUT2D eigenvalue weighted by Crippen LogP contribution is 2.37. The second-order valence-electron chi connectivity index (χ2n) is 5.53. The number of hydrogen-bond acceptors (Lipinski definition) is 4. The van der Waals surface area contributed by atoms with Gasteiger partial charge >= 0.3 is 7.12 Å². The number of phenols is 1. The zero-order chi connectivity index (χ0) is 13.7. The minimum Gasteiger partial charge on any atom is -0.505 e. The van der Waals surface area contributed by atoms with Gasteiger partial charge in [0, 0.05) is 0 Å². The van der Waals surface area contributed by atoms with Crippen molar-refractivity contribution in [2.75, 3.05) is 5.73 Å². The SMILES string of the molecule is CC1(C)OB(c2cc(N)c(O)c(Br)c2)OC1(C)C. The molecule has 18 heavy (non-hydrogen) atoms. The standard InChI is InChI=1S/C12H17BBrNO3/c1-11(2)12(3,4)18-13(17-11)7-5-8(14)10(16)9(15)6-7/h5-6,16H,15H2,1-4H3. The van der Waals surface area contributed by atoms with E-state index in [1.807, 2.05) is 27.7 Å². The molecule has 4 nitrogen and oxygen atoms in total. The second kappa shape index (κ2) is 4.15. The molecule has 0 spiro atoms. The van der Waals surface area contributed by atoms with Crippen LogP contribution in [0.4, 0.5) is 5.69 Å². The maximum absolute atomic E-state index is 9.63. The first-order valence-electron chi connectivity index (χ1n) is 5.77. The van der Waals surface area contributed by atoms with Gasteiger partial charge in [-0.1, -0.05) is 0 Å². The lowest BCUT2D eigenvalue weighted by Gasteiger charge is -2.32. The molecule has 0 bridgehead atoms. The summed E-state index contributed by atoms with van der Waals surface area (Å²) in [5, 5.41) is 9.63. The monoisotopic (exact) mass is 313 g/mol. The van der Waals surface area contributed by atoms with Crippen molar-refractivity contribution in [3.05, 3.63) is 16.6 Å². The third-order valence-electron chi connectivity index (χ3n) is 3.64. The molecule has 1 heterocycles. The van der Waals surface area contributed by atoms with Crippen LogP contribution in [-0.2, 0) is 9.31 Å². The van der Waals surface area contributed by atoms with Gasteiger partial charge in [-0.2, -0.15) is 0 Å². The van der Waals surface area contributed by atoms with Crippen LogP contribution in [0.15, 0.2) is 16.6 Å². The topological polar surface area (TPSA) is 64.7 Å². The molecule has 1 aliphatic heterocycles. The quantitative estimate of drug-likeness (QED) is 0.473. The number of nitrogens with two attached hydrogens (primary N) is 1. The van der Waals surface area contributed by atoms with E-state index in [0.29, 0.717) is 10.2 Å². The molecule has 6 heteroatoms. The highest BCUT2D eigenvalue weighted by molar-refractivity contribution is 9.10. The summed E-state index contributed by atoms with van der Waals surface area (Å²) in [4.78, 5) is 0. The summed E-state index contributed by atoms with van der Waals surface area (Å²) in [6.45, 7) is 7.97. The zero-order valence-electron chi connectivity index (χ0n) is 11.0. The van der Waals surface area contributed by atoms with Crippen molar-refractivity contribution in [3.63, 3.8) is 0 Å². The summed E-state index contributed by atoms with van der Waals surface area (Å²) in [7, 11) is -0.478. The molecule has 1 saturated heterocycles. The summed E-state index contributed by atoms with van der Waals surface area (Å²) < 4.78 is 12.4. The van der Waals surface area contributed by atoms with Crippen molar-refractivity contribution in [1.29, 1.82) is 0 Å². The number of anilines is 1. The average Bonchev–Trinajstić information content (AvgIpc) is 2.44. The van der Waals surface area contributed by atoms with E-state index in [-0.39, 0.29) is 5.75 Å². The van der Waals surface area contributed by atoms with E-state index in [9.17, 15) is 5.11 Å². The molecule has 0 atom stereocenters. The molecule has 0 aromatic heterocycles. The maximum atomic E-state index is 9.63. The number of aromatic hydroxyl groups is 1. The predicted molar refractivity (Wildman–Crippen MR) is 75.9 cm³/mol. The van der Waals surface area contributed by atoms with Gasteiger partial charge in [0.25, 0.3) is 0 Å². The van der Waals surface area contributed by atoms with Crippen LogP contribution in [0, 0.1) is 0 Å². The Morgan fingerprint density at radius 1 is 1.17 bits per heavy atom. The first-order valence-corrected chi connectivity index (χ1v) is 6.57. The van der Waals surface area contributed by atoms with Crippen LogP contribution >= 0.6 is 15.9 Å². The lowest BCUT2D eigenvalue weighted by atomic mass is 9.79. The molecular weight excluding hydrogens is 297 g/mol. The average molecular weight is 314 g/mol. The van der Waals surface area contributed by atoms with E-state index in [4.69, 9.17) is 15.0 Å². The van der Waals surface area contributed by atoms with Gasteiger partial charge < -0.3 is 20.1 Å². The zero-order valence-corrected chi connectivity index (χ0v) is 12.5. The molecule has 98 valence electrons. The second-order valence-corrected chi connectivity index (χ2v) is 6.38. The Bertz CT molecular complexity index is 451. The summed E-state index contributed by atoms with van der Waals surface area (Å²) in [5.74, 6) is 0.0373. The molecule has 0 amide bonds. The Morgan fingerprint density at radius 2 is 1.67 bits per heavy atom. The highest BCUT2D eigenvalue weighted by Gasteiger charge is 2.51. The van der Waals surface area contributed by atoms with Crippen LogP contribution in [0.3, 0.4) is 0 Å². The largest absolute Gasteiger partial charge is 0.505 e. The molecule has 1 fully saturated rings. The smallest absolute Gasteiger partial charge is 0.494 e. The Labute approximate surface area is 116 Å². The third-order valence-corrected chi connectivity index (χ3v) is 4.25. The lowest BCUT2D eigenvalue weighted by molar-refractivity contribution is 0.00578. The molecule has 0 aliphatic carbocycles. The Hall–Kier alpha value is -0.715. The predicted octanol–water partition coefficient (Wildman–Crippen LogP) is 2.04. The summed E-state index contributed by atoms with van der Waals surface area (Å²) in [6, 6.07) is 3.43. The lowest BCUT2D eigenvalue weighted by Crippen LogP contribution is -2.41. The van der Waals surface area contributed by atoms with Gasteiger partial charge in [-0.05, 0) is 61.2 Å². The number of hydrogen-bond donors (Lipinski definition) is 2. The highest BCUT2D eigenvalue weighted by atomic mass is 79.9. The van der Waals surface area contributed by atoms with Crippen LogP contribution in [0.1, 0.15) is 27.7 Å². The molecule has 2 rings (SSSR count). The Kier molecular flexibility index (Phi) is 3.16. The van der Waals surface area contributed by atoms with Crippen molar-refractivity contribution >= 4 is 34.2 Å². The van der Waals surface area contributed by atoms with Gasteiger partial charge in [-0.15, -0.1) is 0 Å². The number of benzene rings is 1. The van der Waals surface area contributed by atoms with Crippen LogP contribution in [0.5, 0.6) is 5.75 Å². The van der Waals surface area contributed by atoms with Gasteiger partial charge in [0.15, 0.2) is 5.75 Å². The van der Waals surface area contributed by atoms with Crippen LogP contribution in [0.25, 0.3) is 0 Å². The molecule has 1 aromatic carbocycles. The fourth-order valence-corrected chi connectivity index (χ4v) is 2.25. The van der Waals surface area contributed by atoms with E-state index in [1.54, 1.807) is 12.1 Å². The molecule has 3 N–H and O–H groups in total. The fourth-order valence-electron chi connectivity index (χ4n) is 1.76. The molecule has 0 radical (unpaired) electrons. The minimum absolute atomic E-state index is 0.0373. The molecule has 0 unspecified atom stereocenters. The molecule has 0 saturated carbocycles. The van der Waals surface area contributed by atoms with Gasteiger partial charge in [0.2, 0.25) is 0 Å². The summed E-state index contributed by atoms with van der Waals surface area (Å²) in [5.41, 5.74) is 6.04. The van der Waals surface area contributed by atoms with E-state index in [2.05, 4.69) is 15.9 Å². The van der Waals surface area contributed by atoms with Crippen LogP contribution in [-0.4, -0.2) is 23.4 Å². The summed E-state index contributed by atoms with van der Waals surface area (Å²) >= 11 is 3.26. The van der Waals surface area contributed by atoms with Crippen LogP contribution in [0.2, 0.25) is 0 Å². The maximum Gasteiger partial charge on any atom is 0.494 e. The van der Waals surface area contributed by atoms with Crippen molar-refractivity contribution < 1.29 is 14.4 Å². The van der Waals surface area contributed by atoms with Crippen molar-refractivity contribution in [2.24, 2.45) is 0 Å². The molecule has 1 aromatic rings. The molecule has 1 aliphatic rings. The van der Waals surface area contributed by atoms with E-state index >= 15 is 0 Å². The number of halogens is 1. The van der Waals surface area contributed by atoms with Gasteiger partial charge in [-0.3, -0.25) is 0 Å². The Balaban J connectivity index is 2.36.